The van der Waals surface area contributed by atoms with Crippen molar-refractivity contribution in [3.63, 3.8) is 0 Å². The second kappa shape index (κ2) is 6.54. The Morgan fingerprint density at radius 1 is 1.30 bits per heavy atom. The van der Waals surface area contributed by atoms with Crippen molar-refractivity contribution in [2.24, 2.45) is 5.92 Å². The van der Waals surface area contributed by atoms with Crippen LogP contribution in [0.2, 0.25) is 0 Å². The van der Waals surface area contributed by atoms with Gasteiger partial charge in [-0.2, -0.15) is 0 Å². The van der Waals surface area contributed by atoms with Gasteiger partial charge in [-0.1, -0.05) is 5.57 Å². The summed E-state index contributed by atoms with van der Waals surface area (Å²) in [5, 5.41) is 10.6. The van der Waals surface area contributed by atoms with Crippen molar-refractivity contribution in [3.8, 4) is 11.5 Å². The number of methoxy groups -OCH3 is 2. The smallest absolute Gasteiger partial charge is 0.161 e. The van der Waals surface area contributed by atoms with Gasteiger partial charge in [0.1, 0.15) is 0 Å². The Bertz CT molecular complexity index is 599. The van der Waals surface area contributed by atoms with Crippen LogP contribution in [-0.2, 0) is 6.42 Å². The molecular weight excluding hydrogens is 290 g/mol. The SMILES string of the molecule is C=C(C)CC1CN2CCc3cc(OC)c(OC)cc3C2CC1O. The van der Waals surface area contributed by atoms with E-state index in [-0.39, 0.29) is 12.1 Å². The van der Waals surface area contributed by atoms with Gasteiger partial charge in [-0.15, -0.1) is 6.58 Å². The number of allylic oxidation sites excluding steroid dienone is 1. The van der Waals surface area contributed by atoms with Gasteiger partial charge in [-0.05, 0) is 49.4 Å². The fourth-order valence-electron chi connectivity index (χ4n) is 4.07. The molecule has 23 heavy (non-hydrogen) atoms. The van der Waals surface area contributed by atoms with E-state index in [0.29, 0.717) is 5.92 Å². The molecular formula is C19H27NO3. The van der Waals surface area contributed by atoms with Crippen molar-refractivity contribution in [1.29, 1.82) is 0 Å². The van der Waals surface area contributed by atoms with Crippen molar-refractivity contribution in [3.05, 3.63) is 35.4 Å². The summed E-state index contributed by atoms with van der Waals surface area (Å²) < 4.78 is 10.9. The summed E-state index contributed by atoms with van der Waals surface area (Å²) in [5.41, 5.74) is 3.74. The monoisotopic (exact) mass is 317 g/mol. The van der Waals surface area contributed by atoms with Gasteiger partial charge in [0.05, 0.1) is 20.3 Å². The van der Waals surface area contributed by atoms with Crippen molar-refractivity contribution >= 4 is 0 Å². The number of hydrogen-bond donors (Lipinski definition) is 1. The average molecular weight is 317 g/mol. The number of nitrogens with zero attached hydrogens (tertiary/aromatic N) is 1. The molecule has 0 aromatic heterocycles. The molecule has 0 aliphatic carbocycles. The van der Waals surface area contributed by atoms with Gasteiger partial charge in [0.25, 0.3) is 0 Å². The van der Waals surface area contributed by atoms with E-state index in [4.69, 9.17) is 9.47 Å². The van der Waals surface area contributed by atoms with E-state index in [0.717, 1.165) is 49.4 Å². The van der Waals surface area contributed by atoms with Crippen LogP contribution < -0.4 is 9.47 Å². The zero-order valence-electron chi connectivity index (χ0n) is 14.3. The van der Waals surface area contributed by atoms with Crippen LogP contribution in [0.25, 0.3) is 0 Å². The Labute approximate surface area is 138 Å². The van der Waals surface area contributed by atoms with Crippen LogP contribution in [0.3, 0.4) is 0 Å². The highest BCUT2D eigenvalue weighted by Crippen LogP contribution is 2.43. The number of piperidine rings is 1. The third-order valence-corrected chi connectivity index (χ3v) is 5.20. The van der Waals surface area contributed by atoms with Crippen LogP contribution in [0.1, 0.15) is 36.9 Å². The predicted octanol–water partition coefficient (Wildman–Crippen LogP) is 2.95. The molecule has 1 aromatic carbocycles. The minimum atomic E-state index is -0.271. The summed E-state index contributed by atoms with van der Waals surface area (Å²) in [6, 6.07) is 4.46. The van der Waals surface area contributed by atoms with Crippen molar-refractivity contribution < 1.29 is 14.6 Å². The van der Waals surface area contributed by atoms with Gasteiger partial charge < -0.3 is 14.6 Å². The zero-order valence-corrected chi connectivity index (χ0v) is 14.3. The lowest BCUT2D eigenvalue weighted by Gasteiger charge is -2.46. The van der Waals surface area contributed by atoms with E-state index in [2.05, 4.69) is 23.6 Å². The Kier molecular flexibility index (Phi) is 4.64. The zero-order chi connectivity index (χ0) is 16.6. The summed E-state index contributed by atoms with van der Waals surface area (Å²) in [7, 11) is 3.34. The summed E-state index contributed by atoms with van der Waals surface area (Å²) in [4.78, 5) is 2.51. The van der Waals surface area contributed by atoms with Gasteiger partial charge in [0.15, 0.2) is 11.5 Å². The number of aliphatic hydroxyl groups is 1. The second-order valence-corrected chi connectivity index (χ2v) is 6.89. The van der Waals surface area contributed by atoms with Crippen molar-refractivity contribution in [1.82, 2.24) is 4.90 Å². The molecule has 4 nitrogen and oxygen atoms in total. The fourth-order valence-corrected chi connectivity index (χ4v) is 4.07. The number of hydrogen-bond acceptors (Lipinski definition) is 4. The minimum Gasteiger partial charge on any atom is -0.493 e. The summed E-state index contributed by atoms with van der Waals surface area (Å²) in [6.45, 7) is 8.02. The first kappa shape index (κ1) is 16.3. The molecule has 1 fully saturated rings. The Balaban J connectivity index is 1.88. The Morgan fingerprint density at radius 3 is 2.65 bits per heavy atom. The maximum absolute atomic E-state index is 10.6. The quantitative estimate of drug-likeness (QED) is 0.867. The molecule has 1 N–H and O–H groups in total. The van der Waals surface area contributed by atoms with Crippen LogP contribution in [0.4, 0.5) is 0 Å². The van der Waals surface area contributed by atoms with Crippen molar-refractivity contribution in [2.45, 2.75) is 38.3 Å². The van der Waals surface area contributed by atoms with E-state index in [1.54, 1.807) is 14.2 Å². The van der Waals surface area contributed by atoms with Gasteiger partial charge in [-0.3, -0.25) is 4.90 Å². The molecule has 3 atom stereocenters. The summed E-state index contributed by atoms with van der Waals surface area (Å²) >= 11 is 0. The van der Waals surface area contributed by atoms with E-state index >= 15 is 0 Å². The normalized spacial score (nSPS) is 27.0. The van der Waals surface area contributed by atoms with Gasteiger partial charge in [0.2, 0.25) is 0 Å². The van der Waals surface area contributed by atoms with E-state index in [1.165, 1.54) is 11.1 Å². The standard InChI is InChI=1S/C19H27NO3/c1-12(2)7-14-11-20-6-5-13-8-18(22-3)19(23-4)9-15(13)16(20)10-17(14)21/h8-9,14,16-17,21H,1,5-7,10-11H2,2-4H3. The first-order valence-electron chi connectivity index (χ1n) is 8.34. The highest BCUT2D eigenvalue weighted by molar-refractivity contribution is 5.49. The fraction of sp³-hybridized carbons (Fsp3) is 0.579. The van der Waals surface area contributed by atoms with Gasteiger partial charge >= 0.3 is 0 Å². The molecule has 1 aromatic rings. The van der Waals surface area contributed by atoms with Crippen LogP contribution >= 0.6 is 0 Å². The topological polar surface area (TPSA) is 41.9 Å². The Hall–Kier alpha value is -1.52. The molecule has 1 saturated heterocycles. The first-order valence-corrected chi connectivity index (χ1v) is 8.34. The first-order chi connectivity index (χ1) is 11.0. The maximum atomic E-state index is 10.6. The molecule has 0 spiro atoms. The molecule has 2 heterocycles. The lowest BCUT2D eigenvalue weighted by molar-refractivity contribution is -0.0117. The van der Waals surface area contributed by atoms with E-state index < -0.39 is 0 Å². The third kappa shape index (κ3) is 3.10. The van der Waals surface area contributed by atoms with E-state index in [9.17, 15) is 5.11 Å². The molecule has 2 aliphatic rings. The number of rotatable bonds is 4. The average Bonchev–Trinajstić information content (AvgIpc) is 2.53. The number of ether oxygens (including phenoxy) is 2. The van der Waals surface area contributed by atoms with Crippen LogP contribution in [0, 0.1) is 5.92 Å². The minimum absolute atomic E-state index is 0.271. The predicted molar refractivity (Wildman–Crippen MR) is 91.1 cm³/mol. The molecule has 4 heteroatoms. The summed E-state index contributed by atoms with van der Waals surface area (Å²) in [5.74, 6) is 1.85. The molecule has 0 radical (unpaired) electrons. The molecule has 3 unspecified atom stereocenters. The van der Waals surface area contributed by atoms with Gasteiger partial charge in [0, 0.05) is 25.0 Å². The molecule has 0 saturated carbocycles. The highest BCUT2D eigenvalue weighted by Gasteiger charge is 2.38. The highest BCUT2D eigenvalue weighted by atomic mass is 16.5. The number of benzene rings is 1. The van der Waals surface area contributed by atoms with Crippen LogP contribution in [-0.4, -0.2) is 43.4 Å². The van der Waals surface area contributed by atoms with Crippen molar-refractivity contribution in [2.75, 3.05) is 27.3 Å². The largest absolute Gasteiger partial charge is 0.493 e. The Morgan fingerprint density at radius 2 is 2.00 bits per heavy atom. The van der Waals surface area contributed by atoms with E-state index in [1.807, 2.05) is 6.92 Å². The number of aliphatic hydroxyl groups excluding tert-OH is 1. The summed E-state index contributed by atoms with van der Waals surface area (Å²) in [6.07, 6.45) is 2.43. The lowest BCUT2D eigenvalue weighted by Crippen LogP contribution is -2.48. The second-order valence-electron chi connectivity index (χ2n) is 6.89. The lowest BCUT2D eigenvalue weighted by atomic mass is 9.80. The molecule has 2 aliphatic heterocycles. The maximum Gasteiger partial charge on any atom is 0.161 e. The molecule has 126 valence electrons. The van der Waals surface area contributed by atoms with Gasteiger partial charge in [-0.25, -0.2) is 0 Å². The van der Waals surface area contributed by atoms with Crippen LogP contribution in [0.15, 0.2) is 24.3 Å². The molecule has 0 bridgehead atoms. The number of fused-ring (bicyclic) bond motifs is 3. The molecule has 3 rings (SSSR count). The third-order valence-electron chi connectivity index (χ3n) is 5.20. The van der Waals surface area contributed by atoms with Crippen LogP contribution in [0.5, 0.6) is 11.5 Å². The molecule has 0 amide bonds.